The molecule has 1 fully saturated rings. The van der Waals surface area contributed by atoms with Gasteiger partial charge in [0.15, 0.2) is 0 Å². The molecule has 0 atom stereocenters. The van der Waals surface area contributed by atoms with Crippen molar-refractivity contribution in [1.29, 1.82) is 0 Å². The molecule has 35 heavy (non-hydrogen) atoms. The van der Waals surface area contributed by atoms with E-state index in [1.807, 2.05) is 67.4 Å². The molecule has 0 spiro atoms. The van der Waals surface area contributed by atoms with Crippen molar-refractivity contribution in [3.05, 3.63) is 71.9 Å². The van der Waals surface area contributed by atoms with Crippen LogP contribution in [0.3, 0.4) is 0 Å². The van der Waals surface area contributed by atoms with Crippen molar-refractivity contribution < 1.29 is 9.59 Å². The fourth-order valence-corrected chi connectivity index (χ4v) is 4.93. The summed E-state index contributed by atoms with van der Waals surface area (Å²) in [6.45, 7) is 5.14. The van der Waals surface area contributed by atoms with E-state index in [1.54, 1.807) is 4.90 Å². The first-order valence-electron chi connectivity index (χ1n) is 12.9. The molecule has 3 aromatic rings. The molecule has 0 unspecified atom stereocenters. The summed E-state index contributed by atoms with van der Waals surface area (Å²) in [5.41, 5.74) is 3.39. The van der Waals surface area contributed by atoms with Crippen molar-refractivity contribution in [1.82, 2.24) is 20.1 Å². The average molecular weight is 475 g/mol. The van der Waals surface area contributed by atoms with Crippen LogP contribution in [0.4, 0.5) is 4.79 Å². The Labute approximate surface area is 208 Å². The molecular formula is C29H38N4O2. The van der Waals surface area contributed by atoms with Gasteiger partial charge in [-0.3, -0.25) is 4.79 Å². The number of aromatic amines is 1. The molecular weight excluding hydrogens is 436 g/mol. The number of nitrogens with one attached hydrogen (secondary N) is 2. The first kappa shape index (κ1) is 24.8. The van der Waals surface area contributed by atoms with Crippen LogP contribution in [0.5, 0.6) is 0 Å². The fraction of sp³-hybridized carbons (Fsp3) is 0.448. The van der Waals surface area contributed by atoms with Crippen LogP contribution in [-0.2, 0) is 17.8 Å². The van der Waals surface area contributed by atoms with Crippen molar-refractivity contribution in [3.8, 4) is 0 Å². The number of hydrogen-bond donors (Lipinski definition) is 2. The van der Waals surface area contributed by atoms with E-state index in [2.05, 4.69) is 22.4 Å². The molecule has 4 rings (SSSR count). The average Bonchev–Trinajstić information content (AvgIpc) is 3.29. The van der Waals surface area contributed by atoms with Gasteiger partial charge in [0.05, 0.1) is 0 Å². The number of amides is 3. The van der Waals surface area contributed by atoms with Gasteiger partial charge >= 0.3 is 6.03 Å². The van der Waals surface area contributed by atoms with E-state index in [0.29, 0.717) is 13.1 Å². The van der Waals surface area contributed by atoms with Crippen molar-refractivity contribution in [3.63, 3.8) is 0 Å². The van der Waals surface area contributed by atoms with Crippen LogP contribution in [0.15, 0.2) is 60.8 Å². The Morgan fingerprint density at radius 2 is 1.71 bits per heavy atom. The summed E-state index contributed by atoms with van der Waals surface area (Å²) in [5.74, 6) is -0.0267. The van der Waals surface area contributed by atoms with Crippen molar-refractivity contribution in [2.75, 3.05) is 13.1 Å². The van der Waals surface area contributed by atoms with Gasteiger partial charge in [0.1, 0.15) is 6.54 Å². The molecule has 2 N–H and O–H groups in total. The van der Waals surface area contributed by atoms with Crippen LogP contribution in [0, 0.1) is 0 Å². The zero-order valence-corrected chi connectivity index (χ0v) is 21.0. The van der Waals surface area contributed by atoms with Gasteiger partial charge in [-0.1, -0.05) is 67.8 Å². The first-order valence-corrected chi connectivity index (χ1v) is 12.9. The zero-order chi connectivity index (χ0) is 24.6. The molecule has 1 heterocycles. The molecule has 0 saturated heterocycles. The summed E-state index contributed by atoms with van der Waals surface area (Å²) in [6, 6.07) is 18.3. The third kappa shape index (κ3) is 6.65. The van der Waals surface area contributed by atoms with Gasteiger partial charge in [0, 0.05) is 42.3 Å². The normalized spacial score (nSPS) is 14.3. The standard InChI is InChI=1S/C29H38N4O2/c1-22(2)33(29(35)31-25-13-7-4-8-14-25)21-28(34)32(20-23-11-5-3-6-12-23)18-17-24-19-30-27-16-10-9-15-26(24)27/h3,5-6,9-12,15-16,19,22,25,30H,4,7-8,13-14,17-18,20-21H2,1-2H3,(H,31,35). The SMILES string of the molecule is CC(C)N(CC(=O)N(CCc1c[nH]c2ccccc12)Cc1ccccc1)C(=O)NC1CCCCC1. The Morgan fingerprint density at radius 3 is 2.46 bits per heavy atom. The smallest absolute Gasteiger partial charge is 0.318 e. The van der Waals surface area contributed by atoms with Crippen LogP contribution in [-0.4, -0.2) is 51.9 Å². The van der Waals surface area contributed by atoms with Gasteiger partial charge in [-0.25, -0.2) is 4.79 Å². The highest BCUT2D eigenvalue weighted by molar-refractivity contribution is 5.85. The molecule has 0 aliphatic heterocycles. The van der Waals surface area contributed by atoms with Gasteiger partial charge in [0.2, 0.25) is 5.91 Å². The van der Waals surface area contributed by atoms with Gasteiger partial charge in [-0.05, 0) is 50.3 Å². The van der Waals surface area contributed by atoms with Gasteiger partial charge in [0.25, 0.3) is 0 Å². The zero-order valence-electron chi connectivity index (χ0n) is 21.0. The Bertz CT molecular complexity index is 1100. The Hall–Kier alpha value is -3.28. The second kappa shape index (κ2) is 11.9. The number of aromatic nitrogens is 1. The number of fused-ring (bicyclic) bond motifs is 1. The number of H-pyrrole nitrogens is 1. The maximum atomic E-state index is 13.6. The summed E-state index contributed by atoms with van der Waals surface area (Å²) < 4.78 is 0. The molecule has 0 bridgehead atoms. The number of carbonyl (C=O) groups excluding carboxylic acids is 2. The van der Waals surface area contributed by atoms with E-state index in [4.69, 9.17) is 0 Å². The van der Waals surface area contributed by atoms with E-state index in [9.17, 15) is 9.59 Å². The number of urea groups is 1. The van der Waals surface area contributed by atoms with Gasteiger partial charge in [-0.2, -0.15) is 0 Å². The van der Waals surface area contributed by atoms with Crippen LogP contribution in [0.1, 0.15) is 57.1 Å². The van der Waals surface area contributed by atoms with Crippen molar-refractivity contribution >= 4 is 22.8 Å². The summed E-state index contributed by atoms with van der Waals surface area (Å²) >= 11 is 0. The third-order valence-corrected chi connectivity index (χ3v) is 7.02. The maximum absolute atomic E-state index is 13.6. The molecule has 1 aliphatic carbocycles. The fourth-order valence-electron chi connectivity index (χ4n) is 4.93. The lowest BCUT2D eigenvalue weighted by atomic mass is 9.96. The first-order chi connectivity index (χ1) is 17.0. The summed E-state index contributed by atoms with van der Waals surface area (Å²) in [6.07, 6.45) is 8.39. The molecule has 0 radical (unpaired) electrons. The molecule has 1 saturated carbocycles. The number of para-hydroxylation sites is 1. The highest BCUT2D eigenvalue weighted by Crippen LogP contribution is 2.20. The lowest BCUT2D eigenvalue weighted by molar-refractivity contribution is -0.132. The quantitative estimate of drug-likeness (QED) is 0.430. The summed E-state index contributed by atoms with van der Waals surface area (Å²) in [4.78, 5) is 33.6. The predicted octanol–water partition coefficient (Wildman–Crippen LogP) is 5.49. The van der Waals surface area contributed by atoms with E-state index in [-0.39, 0.29) is 30.6 Å². The van der Waals surface area contributed by atoms with Gasteiger partial charge < -0.3 is 20.1 Å². The van der Waals surface area contributed by atoms with E-state index >= 15 is 0 Å². The number of hydrogen-bond acceptors (Lipinski definition) is 2. The minimum Gasteiger partial charge on any atom is -0.361 e. The van der Waals surface area contributed by atoms with Crippen LogP contribution < -0.4 is 5.32 Å². The number of rotatable bonds is 9. The number of carbonyl (C=O) groups is 2. The second-order valence-electron chi connectivity index (χ2n) is 9.92. The molecule has 2 aromatic carbocycles. The minimum absolute atomic E-state index is 0.0267. The molecule has 3 amide bonds. The lowest BCUT2D eigenvalue weighted by Gasteiger charge is -2.32. The molecule has 186 valence electrons. The summed E-state index contributed by atoms with van der Waals surface area (Å²) in [7, 11) is 0. The van der Waals surface area contributed by atoms with E-state index < -0.39 is 0 Å². The molecule has 6 heteroatoms. The predicted molar refractivity (Wildman–Crippen MR) is 141 cm³/mol. The van der Waals surface area contributed by atoms with Crippen LogP contribution in [0.25, 0.3) is 10.9 Å². The lowest BCUT2D eigenvalue weighted by Crippen LogP contribution is -2.52. The second-order valence-corrected chi connectivity index (χ2v) is 9.92. The third-order valence-electron chi connectivity index (χ3n) is 7.02. The maximum Gasteiger partial charge on any atom is 0.318 e. The van der Waals surface area contributed by atoms with Crippen LogP contribution >= 0.6 is 0 Å². The molecule has 6 nitrogen and oxygen atoms in total. The highest BCUT2D eigenvalue weighted by Gasteiger charge is 2.26. The van der Waals surface area contributed by atoms with Crippen molar-refractivity contribution in [2.24, 2.45) is 0 Å². The van der Waals surface area contributed by atoms with E-state index in [1.165, 1.54) is 17.4 Å². The molecule has 1 aliphatic rings. The highest BCUT2D eigenvalue weighted by atomic mass is 16.2. The Balaban J connectivity index is 1.46. The van der Waals surface area contributed by atoms with E-state index in [0.717, 1.165) is 43.2 Å². The number of benzene rings is 2. The number of nitrogens with zero attached hydrogens (tertiary/aromatic N) is 2. The topological polar surface area (TPSA) is 68.4 Å². The van der Waals surface area contributed by atoms with Crippen molar-refractivity contribution in [2.45, 2.75) is 71.0 Å². The monoisotopic (exact) mass is 474 g/mol. The van der Waals surface area contributed by atoms with Gasteiger partial charge in [-0.15, -0.1) is 0 Å². The van der Waals surface area contributed by atoms with Crippen LogP contribution in [0.2, 0.25) is 0 Å². The minimum atomic E-state index is -0.128. The summed E-state index contributed by atoms with van der Waals surface area (Å²) in [5, 5.41) is 4.37. The Morgan fingerprint density at radius 1 is 1.00 bits per heavy atom. The Kier molecular flexibility index (Phi) is 8.45. The largest absolute Gasteiger partial charge is 0.361 e. The molecule has 1 aromatic heterocycles.